The lowest BCUT2D eigenvalue weighted by atomic mass is 10.0. The van der Waals surface area contributed by atoms with Crippen molar-refractivity contribution in [2.24, 2.45) is 5.16 Å². The van der Waals surface area contributed by atoms with Crippen molar-refractivity contribution in [1.82, 2.24) is 9.80 Å². The summed E-state index contributed by atoms with van der Waals surface area (Å²) in [6.07, 6.45) is 0.836. The van der Waals surface area contributed by atoms with Crippen LogP contribution in [-0.2, 0) is 14.4 Å². The van der Waals surface area contributed by atoms with E-state index in [9.17, 15) is 4.79 Å². The Kier molecular flexibility index (Phi) is 6.21. The molecule has 1 fully saturated rings. The zero-order chi connectivity index (χ0) is 18.4. The summed E-state index contributed by atoms with van der Waals surface area (Å²) in [5.74, 6) is -0.151. The minimum Gasteiger partial charge on any atom is -0.465 e. The second kappa shape index (κ2) is 8.79. The predicted molar refractivity (Wildman–Crippen MR) is 98.2 cm³/mol. The van der Waals surface area contributed by atoms with Crippen LogP contribution >= 0.6 is 0 Å². The molecule has 0 amide bonds. The van der Waals surface area contributed by atoms with Gasteiger partial charge in [0.25, 0.3) is 0 Å². The molecule has 0 spiro atoms. The van der Waals surface area contributed by atoms with Gasteiger partial charge in [-0.1, -0.05) is 29.4 Å². The fourth-order valence-electron chi connectivity index (χ4n) is 3.23. The maximum absolute atomic E-state index is 11.6. The van der Waals surface area contributed by atoms with Crippen LogP contribution in [0.25, 0.3) is 4.85 Å². The summed E-state index contributed by atoms with van der Waals surface area (Å²) in [4.78, 5) is 25.0. The lowest BCUT2D eigenvalue weighted by molar-refractivity contribution is -0.144. The zero-order valence-electron chi connectivity index (χ0n) is 15.1. The monoisotopic (exact) mass is 356 g/mol. The van der Waals surface area contributed by atoms with E-state index in [-0.39, 0.29) is 12.1 Å². The summed E-state index contributed by atoms with van der Waals surface area (Å²) < 4.78 is 5.00. The Morgan fingerprint density at radius 1 is 1.27 bits per heavy atom. The molecule has 1 aromatic rings. The summed E-state index contributed by atoms with van der Waals surface area (Å²) in [7, 11) is 0. The number of nitrogens with zero attached hydrogens (tertiary/aromatic N) is 4. The van der Waals surface area contributed by atoms with Crippen molar-refractivity contribution in [3.8, 4) is 0 Å². The molecule has 0 aromatic heterocycles. The van der Waals surface area contributed by atoms with Crippen LogP contribution < -0.4 is 0 Å². The summed E-state index contributed by atoms with van der Waals surface area (Å²) in [6.45, 7) is 14.0. The highest BCUT2D eigenvalue weighted by atomic mass is 16.6. The van der Waals surface area contributed by atoms with Crippen molar-refractivity contribution in [2.45, 2.75) is 19.4 Å². The number of rotatable bonds is 6. The number of carbonyl (C=O) groups is 1. The molecule has 2 heterocycles. The molecule has 7 nitrogen and oxygen atoms in total. The van der Waals surface area contributed by atoms with E-state index in [2.05, 4.69) is 19.8 Å². The molecule has 1 unspecified atom stereocenters. The molecule has 1 atom stereocenters. The van der Waals surface area contributed by atoms with Crippen molar-refractivity contribution in [3.63, 3.8) is 0 Å². The predicted octanol–water partition coefficient (Wildman–Crippen LogP) is 1.91. The Bertz CT molecular complexity index is 688. The van der Waals surface area contributed by atoms with Crippen LogP contribution in [0.5, 0.6) is 0 Å². The second-order valence-corrected chi connectivity index (χ2v) is 6.51. The third kappa shape index (κ3) is 4.81. The van der Waals surface area contributed by atoms with Gasteiger partial charge in [0.15, 0.2) is 5.69 Å². The quantitative estimate of drug-likeness (QED) is 0.576. The van der Waals surface area contributed by atoms with E-state index < -0.39 is 0 Å². The average Bonchev–Trinajstić information content (AvgIpc) is 3.12. The minimum atomic E-state index is -0.151. The van der Waals surface area contributed by atoms with Gasteiger partial charge in [0.2, 0.25) is 0 Å². The van der Waals surface area contributed by atoms with Crippen LogP contribution in [-0.4, -0.2) is 73.5 Å². The number of piperazine rings is 1. The van der Waals surface area contributed by atoms with Crippen molar-refractivity contribution < 1.29 is 14.4 Å². The van der Waals surface area contributed by atoms with E-state index in [1.54, 1.807) is 12.1 Å². The Morgan fingerprint density at radius 2 is 1.96 bits per heavy atom. The van der Waals surface area contributed by atoms with Gasteiger partial charge in [0.05, 0.1) is 25.4 Å². The summed E-state index contributed by atoms with van der Waals surface area (Å²) in [5, 5.41) is 4.22. The highest BCUT2D eigenvalue weighted by Crippen LogP contribution is 2.20. The lowest BCUT2D eigenvalue weighted by Gasteiger charge is -2.34. The number of ether oxygens (including phenoxy) is 1. The molecule has 0 N–H and O–H groups in total. The Hall–Kier alpha value is -2.43. The van der Waals surface area contributed by atoms with Crippen LogP contribution in [0, 0.1) is 6.57 Å². The van der Waals surface area contributed by atoms with Gasteiger partial charge < -0.3 is 9.57 Å². The largest absolute Gasteiger partial charge is 0.465 e. The molecule has 138 valence electrons. The molecule has 0 bridgehead atoms. The molecular formula is C19H24N4O3. The van der Waals surface area contributed by atoms with E-state index in [0.29, 0.717) is 18.8 Å². The third-order valence-electron chi connectivity index (χ3n) is 4.65. The molecule has 0 aliphatic carbocycles. The van der Waals surface area contributed by atoms with Gasteiger partial charge in [-0.05, 0) is 12.5 Å². The molecule has 7 heteroatoms. The van der Waals surface area contributed by atoms with Crippen molar-refractivity contribution in [2.75, 3.05) is 45.9 Å². The van der Waals surface area contributed by atoms with Crippen molar-refractivity contribution in [1.29, 1.82) is 0 Å². The number of carbonyl (C=O) groups excluding carboxylic acids is 1. The van der Waals surface area contributed by atoms with E-state index in [0.717, 1.165) is 50.4 Å². The maximum atomic E-state index is 11.6. The molecule has 0 radical (unpaired) electrons. The normalized spacial score (nSPS) is 20.9. The van der Waals surface area contributed by atoms with Gasteiger partial charge in [-0.2, -0.15) is 0 Å². The topological polar surface area (TPSA) is 58.7 Å². The fourth-order valence-corrected chi connectivity index (χ4v) is 3.23. The van der Waals surface area contributed by atoms with E-state index >= 15 is 0 Å². The van der Waals surface area contributed by atoms with E-state index in [4.69, 9.17) is 16.1 Å². The Morgan fingerprint density at radius 3 is 2.62 bits per heavy atom. The van der Waals surface area contributed by atoms with E-state index in [1.165, 1.54) is 0 Å². The summed E-state index contributed by atoms with van der Waals surface area (Å²) in [6, 6.07) is 7.46. The molecule has 1 saturated heterocycles. The molecule has 2 aliphatic heterocycles. The zero-order valence-corrected chi connectivity index (χ0v) is 15.1. The van der Waals surface area contributed by atoms with Gasteiger partial charge in [-0.25, -0.2) is 4.85 Å². The summed E-state index contributed by atoms with van der Waals surface area (Å²) in [5.41, 5.74) is 2.58. The highest BCUT2D eigenvalue weighted by Gasteiger charge is 2.27. The number of benzene rings is 1. The van der Waals surface area contributed by atoms with Crippen LogP contribution in [0.1, 0.15) is 18.9 Å². The lowest BCUT2D eigenvalue weighted by Crippen LogP contribution is -2.49. The molecule has 0 saturated carbocycles. The van der Waals surface area contributed by atoms with Crippen LogP contribution in [0.3, 0.4) is 0 Å². The highest BCUT2D eigenvalue weighted by molar-refractivity contribution is 6.01. The van der Waals surface area contributed by atoms with E-state index in [1.807, 2.05) is 19.1 Å². The van der Waals surface area contributed by atoms with Crippen molar-refractivity contribution in [3.05, 3.63) is 41.2 Å². The molecule has 26 heavy (non-hydrogen) atoms. The first-order valence-electron chi connectivity index (χ1n) is 8.99. The summed E-state index contributed by atoms with van der Waals surface area (Å²) >= 11 is 0. The third-order valence-corrected chi connectivity index (χ3v) is 4.65. The Balaban J connectivity index is 1.41. The first-order valence-corrected chi connectivity index (χ1v) is 8.99. The van der Waals surface area contributed by atoms with Gasteiger partial charge in [-0.3, -0.25) is 14.6 Å². The molecule has 2 aliphatic rings. The Labute approximate surface area is 154 Å². The van der Waals surface area contributed by atoms with Crippen molar-refractivity contribution >= 4 is 17.4 Å². The van der Waals surface area contributed by atoms with Crippen LogP contribution in [0.15, 0.2) is 29.4 Å². The van der Waals surface area contributed by atoms with Crippen LogP contribution in [0.4, 0.5) is 5.69 Å². The smallest absolute Gasteiger partial charge is 0.320 e. The number of oxime groups is 1. The second-order valence-electron chi connectivity index (χ2n) is 6.51. The van der Waals surface area contributed by atoms with Gasteiger partial charge in [-0.15, -0.1) is 0 Å². The van der Waals surface area contributed by atoms with Gasteiger partial charge in [0, 0.05) is 39.1 Å². The minimum absolute atomic E-state index is 0.0575. The molecule has 3 rings (SSSR count). The van der Waals surface area contributed by atoms with Gasteiger partial charge in [0.1, 0.15) is 6.10 Å². The SMILES string of the molecule is [C-]#[N+]c1ccc(C2=NOC(CN3CCN(CC(=O)OCC)CC3)C2)cc1. The first kappa shape index (κ1) is 18.4. The molecular weight excluding hydrogens is 332 g/mol. The van der Waals surface area contributed by atoms with Gasteiger partial charge >= 0.3 is 5.97 Å². The standard InChI is InChI=1S/C19H24N4O3/c1-3-25-19(24)14-23-10-8-22(9-11-23)13-17-12-18(21-26-17)15-4-6-16(20-2)7-5-15/h4-7,17H,3,8-14H2,1H3. The number of esters is 1. The average molecular weight is 356 g/mol. The number of hydrogen-bond donors (Lipinski definition) is 0. The maximum Gasteiger partial charge on any atom is 0.320 e. The number of hydrogen-bond acceptors (Lipinski definition) is 6. The fraction of sp³-hybridized carbons (Fsp3) is 0.526. The van der Waals surface area contributed by atoms with Crippen LogP contribution in [0.2, 0.25) is 0 Å². The first-order chi connectivity index (χ1) is 12.7. The molecule has 1 aromatic carbocycles.